The Balaban J connectivity index is 1.54. The molecule has 1 aliphatic rings. The summed E-state index contributed by atoms with van der Waals surface area (Å²) in [4.78, 5) is 15.8. The molecule has 0 bridgehead atoms. The Labute approximate surface area is 122 Å². The summed E-state index contributed by atoms with van der Waals surface area (Å²) in [5, 5.41) is 5.99. The van der Waals surface area contributed by atoms with Crippen molar-refractivity contribution in [2.24, 2.45) is 5.92 Å². The SMILES string of the molecule is O=C(Nc1ccc(NCc2ccc(F)cc2)cn1)C1CC1. The Bertz CT molecular complexity index is 621. The lowest BCUT2D eigenvalue weighted by molar-refractivity contribution is -0.117. The van der Waals surface area contributed by atoms with E-state index in [4.69, 9.17) is 0 Å². The summed E-state index contributed by atoms with van der Waals surface area (Å²) in [6, 6.07) is 9.98. The number of nitrogens with one attached hydrogen (secondary N) is 2. The van der Waals surface area contributed by atoms with E-state index in [1.807, 2.05) is 6.07 Å². The van der Waals surface area contributed by atoms with Crippen LogP contribution in [0.2, 0.25) is 0 Å². The number of rotatable bonds is 5. The van der Waals surface area contributed by atoms with Crippen molar-refractivity contribution in [3.05, 3.63) is 54.0 Å². The molecule has 1 aliphatic carbocycles. The molecule has 1 heterocycles. The van der Waals surface area contributed by atoms with Crippen LogP contribution in [0.3, 0.4) is 0 Å². The first kappa shape index (κ1) is 13.5. The van der Waals surface area contributed by atoms with Gasteiger partial charge in [0, 0.05) is 12.5 Å². The number of pyridine rings is 1. The number of nitrogens with zero attached hydrogens (tertiary/aromatic N) is 1. The van der Waals surface area contributed by atoms with Crippen molar-refractivity contribution in [2.45, 2.75) is 19.4 Å². The monoisotopic (exact) mass is 285 g/mol. The molecule has 0 atom stereocenters. The van der Waals surface area contributed by atoms with Gasteiger partial charge in [-0.1, -0.05) is 12.1 Å². The second-order valence-electron chi connectivity index (χ2n) is 5.18. The summed E-state index contributed by atoms with van der Waals surface area (Å²) in [5.41, 5.74) is 1.84. The number of carbonyl (C=O) groups excluding carboxylic acids is 1. The first-order valence-electron chi connectivity index (χ1n) is 6.96. The van der Waals surface area contributed by atoms with E-state index in [0.29, 0.717) is 12.4 Å². The predicted octanol–water partition coefficient (Wildman–Crippen LogP) is 3.18. The Morgan fingerprint density at radius 2 is 1.95 bits per heavy atom. The minimum absolute atomic E-state index is 0.0505. The van der Waals surface area contributed by atoms with Crippen molar-refractivity contribution in [3.63, 3.8) is 0 Å². The van der Waals surface area contributed by atoms with Crippen molar-refractivity contribution >= 4 is 17.4 Å². The molecule has 2 aromatic rings. The second-order valence-corrected chi connectivity index (χ2v) is 5.18. The number of amides is 1. The van der Waals surface area contributed by atoms with E-state index in [1.165, 1.54) is 12.1 Å². The molecule has 2 N–H and O–H groups in total. The molecule has 1 saturated carbocycles. The third-order valence-electron chi connectivity index (χ3n) is 3.37. The molecule has 0 spiro atoms. The lowest BCUT2D eigenvalue weighted by Crippen LogP contribution is -2.14. The van der Waals surface area contributed by atoms with Crippen molar-refractivity contribution in [1.82, 2.24) is 4.98 Å². The third-order valence-corrected chi connectivity index (χ3v) is 3.37. The van der Waals surface area contributed by atoms with Gasteiger partial charge in [-0.3, -0.25) is 4.79 Å². The molecule has 1 aromatic heterocycles. The van der Waals surface area contributed by atoms with Crippen LogP contribution in [-0.2, 0) is 11.3 Å². The van der Waals surface area contributed by atoms with Crippen LogP contribution in [0.15, 0.2) is 42.6 Å². The van der Waals surface area contributed by atoms with Gasteiger partial charge in [-0.25, -0.2) is 9.37 Å². The van der Waals surface area contributed by atoms with Gasteiger partial charge in [0.1, 0.15) is 11.6 Å². The highest BCUT2D eigenvalue weighted by atomic mass is 19.1. The van der Waals surface area contributed by atoms with Crippen LogP contribution in [0, 0.1) is 11.7 Å². The average molecular weight is 285 g/mol. The zero-order chi connectivity index (χ0) is 14.7. The number of hydrogen-bond donors (Lipinski definition) is 2. The van der Waals surface area contributed by atoms with E-state index >= 15 is 0 Å². The fourth-order valence-corrected chi connectivity index (χ4v) is 1.95. The van der Waals surface area contributed by atoms with Gasteiger partial charge in [0.05, 0.1) is 11.9 Å². The number of benzene rings is 1. The van der Waals surface area contributed by atoms with E-state index < -0.39 is 0 Å². The molecular weight excluding hydrogens is 269 g/mol. The molecule has 1 aromatic carbocycles. The zero-order valence-electron chi connectivity index (χ0n) is 11.5. The normalized spacial score (nSPS) is 13.8. The topological polar surface area (TPSA) is 54.0 Å². The molecule has 108 valence electrons. The highest BCUT2D eigenvalue weighted by molar-refractivity contribution is 5.93. The van der Waals surface area contributed by atoms with Crippen LogP contribution in [0.25, 0.3) is 0 Å². The summed E-state index contributed by atoms with van der Waals surface area (Å²) in [6.07, 6.45) is 3.62. The summed E-state index contributed by atoms with van der Waals surface area (Å²) in [5.74, 6) is 0.549. The van der Waals surface area contributed by atoms with E-state index in [0.717, 1.165) is 24.1 Å². The van der Waals surface area contributed by atoms with Crippen LogP contribution in [0.5, 0.6) is 0 Å². The maximum Gasteiger partial charge on any atom is 0.228 e. The molecule has 0 aliphatic heterocycles. The molecule has 21 heavy (non-hydrogen) atoms. The van der Waals surface area contributed by atoms with Crippen molar-refractivity contribution in [2.75, 3.05) is 10.6 Å². The number of carbonyl (C=O) groups is 1. The first-order valence-corrected chi connectivity index (χ1v) is 6.96. The lowest BCUT2D eigenvalue weighted by atomic mass is 10.2. The van der Waals surface area contributed by atoms with E-state index in [9.17, 15) is 9.18 Å². The highest BCUT2D eigenvalue weighted by Crippen LogP contribution is 2.29. The van der Waals surface area contributed by atoms with E-state index in [-0.39, 0.29) is 17.6 Å². The smallest absolute Gasteiger partial charge is 0.228 e. The van der Waals surface area contributed by atoms with Crippen LogP contribution in [-0.4, -0.2) is 10.9 Å². The summed E-state index contributed by atoms with van der Waals surface area (Å²) in [6.45, 7) is 0.593. The Morgan fingerprint density at radius 1 is 1.19 bits per heavy atom. The molecular formula is C16H16FN3O. The second kappa shape index (κ2) is 5.91. The quantitative estimate of drug-likeness (QED) is 0.887. The van der Waals surface area contributed by atoms with E-state index in [2.05, 4.69) is 15.6 Å². The fraction of sp³-hybridized carbons (Fsp3) is 0.250. The Kier molecular flexibility index (Phi) is 3.81. The van der Waals surface area contributed by atoms with Gasteiger partial charge in [0.15, 0.2) is 0 Å². The fourth-order valence-electron chi connectivity index (χ4n) is 1.95. The third kappa shape index (κ3) is 3.78. The number of halogens is 1. The van der Waals surface area contributed by atoms with Crippen molar-refractivity contribution < 1.29 is 9.18 Å². The summed E-state index contributed by atoms with van der Waals surface area (Å²) in [7, 11) is 0. The zero-order valence-corrected chi connectivity index (χ0v) is 11.5. The molecule has 0 unspecified atom stereocenters. The predicted molar refractivity (Wildman–Crippen MR) is 79.3 cm³/mol. The van der Waals surface area contributed by atoms with Gasteiger partial charge in [0.2, 0.25) is 5.91 Å². The van der Waals surface area contributed by atoms with Crippen LogP contribution < -0.4 is 10.6 Å². The van der Waals surface area contributed by atoms with Gasteiger partial charge in [-0.15, -0.1) is 0 Å². The molecule has 1 amide bonds. The minimum Gasteiger partial charge on any atom is -0.380 e. The van der Waals surface area contributed by atoms with Crippen molar-refractivity contribution in [1.29, 1.82) is 0 Å². The van der Waals surface area contributed by atoms with Gasteiger partial charge in [0.25, 0.3) is 0 Å². The van der Waals surface area contributed by atoms with Gasteiger partial charge in [-0.2, -0.15) is 0 Å². The Morgan fingerprint density at radius 3 is 2.57 bits per heavy atom. The highest BCUT2D eigenvalue weighted by Gasteiger charge is 2.29. The average Bonchev–Trinajstić information content (AvgIpc) is 3.33. The maximum atomic E-state index is 12.8. The number of anilines is 2. The van der Waals surface area contributed by atoms with Crippen molar-refractivity contribution in [3.8, 4) is 0 Å². The Hall–Kier alpha value is -2.43. The number of aromatic nitrogens is 1. The summed E-state index contributed by atoms with van der Waals surface area (Å²) >= 11 is 0. The maximum absolute atomic E-state index is 12.8. The lowest BCUT2D eigenvalue weighted by Gasteiger charge is -2.08. The molecule has 5 heteroatoms. The van der Waals surface area contributed by atoms with Gasteiger partial charge < -0.3 is 10.6 Å². The van der Waals surface area contributed by atoms with E-state index in [1.54, 1.807) is 24.4 Å². The first-order chi connectivity index (χ1) is 10.2. The standard InChI is InChI=1S/C16H16FN3O/c17-13-5-1-11(2-6-13)9-18-14-7-8-15(19-10-14)20-16(21)12-3-4-12/h1-2,5-8,10,12,18H,3-4,9H2,(H,19,20,21). The van der Waals surface area contributed by atoms with Gasteiger partial charge in [-0.05, 0) is 42.7 Å². The van der Waals surface area contributed by atoms with Crippen LogP contribution in [0.1, 0.15) is 18.4 Å². The summed E-state index contributed by atoms with van der Waals surface area (Å²) < 4.78 is 12.8. The van der Waals surface area contributed by atoms with Crippen LogP contribution in [0.4, 0.5) is 15.9 Å². The minimum atomic E-state index is -0.240. The number of hydrogen-bond acceptors (Lipinski definition) is 3. The molecule has 3 rings (SSSR count). The molecule has 1 fully saturated rings. The van der Waals surface area contributed by atoms with Gasteiger partial charge >= 0.3 is 0 Å². The molecule has 0 radical (unpaired) electrons. The van der Waals surface area contributed by atoms with Crippen LogP contribution >= 0.6 is 0 Å². The molecule has 4 nitrogen and oxygen atoms in total. The molecule has 0 saturated heterocycles. The largest absolute Gasteiger partial charge is 0.380 e.